The van der Waals surface area contributed by atoms with Gasteiger partial charge in [0.2, 0.25) is 0 Å². The van der Waals surface area contributed by atoms with Crippen LogP contribution in [-0.2, 0) is 114 Å². The van der Waals surface area contributed by atoms with E-state index >= 15 is 0 Å². The van der Waals surface area contributed by atoms with E-state index in [1.54, 1.807) is 4.90 Å². The first-order chi connectivity index (χ1) is 44.9. The number of alkyl halides is 1. The summed E-state index contributed by atoms with van der Waals surface area (Å²) in [6, 6.07) is 0. The highest BCUT2D eigenvalue weighted by Crippen LogP contribution is 2.30. The van der Waals surface area contributed by atoms with E-state index in [1.165, 1.54) is 12.8 Å². The Kier molecular flexibility index (Phi) is 69.3. The Labute approximate surface area is 551 Å². The molecular weight excluding hydrogens is 1270 g/mol. The summed E-state index contributed by atoms with van der Waals surface area (Å²) in [5.74, 6) is 1.23. The van der Waals surface area contributed by atoms with Crippen LogP contribution in [-0.4, -0.2) is 345 Å². The monoisotopic (exact) mass is 1390 g/mol. The standard InChI is InChI=1S/C61H119BrN4O25/c1-61(2,3)91-60(67)66(57-59-6-4-58(56-62)5-7-59)9-11-69-13-15-71-17-19-73-21-23-75-25-27-77-29-31-79-33-35-81-37-39-83-41-43-85-45-47-87-49-51-89-53-55-90-54-52-88-50-48-86-46-44-84-42-40-82-38-36-80-34-32-78-30-28-76-26-24-74-22-20-72-18-16-70-14-12-68-10-8-64-65-63/h58-59H,4-57H2,1-3H3/t58-,59-. The minimum Gasteiger partial charge on any atom is -0.444 e. The van der Waals surface area contributed by atoms with Gasteiger partial charge >= 0.3 is 6.09 Å². The molecule has 1 saturated carbocycles. The van der Waals surface area contributed by atoms with Crippen molar-refractivity contribution in [3.63, 3.8) is 0 Å². The summed E-state index contributed by atoms with van der Waals surface area (Å²) in [7, 11) is 0. The van der Waals surface area contributed by atoms with E-state index < -0.39 is 5.60 Å². The molecule has 540 valence electrons. The predicted molar refractivity (Wildman–Crippen MR) is 340 cm³/mol. The molecule has 0 N–H and O–H groups in total. The van der Waals surface area contributed by atoms with E-state index in [2.05, 4.69) is 26.0 Å². The van der Waals surface area contributed by atoms with Crippen molar-refractivity contribution < 1.29 is 118 Å². The zero-order chi connectivity index (χ0) is 65.4. The van der Waals surface area contributed by atoms with Crippen molar-refractivity contribution in [1.29, 1.82) is 0 Å². The second-order valence-corrected chi connectivity index (χ2v) is 21.7. The molecule has 1 aliphatic rings. The number of azide groups is 1. The maximum atomic E-state index is 12.9. The highest BCUT2D eigenvalue weighted by Gasteiger charge is 2.27. The number of hydrogen-bond donors (Lipinski definition) is 0. The molecule has 0 atom stereocenters. The Morgan fingerprint density at radius 3 is 0.714 bits per heavy atom. The van der Waals surface area contributed by atoms with Gasteiger partial charge in [-0.3, -0.25) is 0 Å². The van der Waals surface area contributed by atoms with Gasteiger partial charge in [-0.2, -0.15) is 0 Å². The Balaban J connectivity index is 1.65. The first kappa shape index (κ1) is 87.2. The molecule has 0 bridgehead atoms. The van der Waals surface area contributed by atoms with Crippen molar-refractivity contribution in [2.75, 3.05) is 329 Å². The van der Waals surface area contributed by atoms with E-state index in [1.807, 2.05) is 20.8 Å². The number of rotatable bonds is 75. The fourth-order valence-electron chi connectivity index (χ4n) is 7.73. The second kappa shape index (κ2) is 72.4. The summed E-state index contributed by atoms with van der Waals surface area (Å²) in [6.45, 7) is 29.0. The van der Waals surface area contributed by atoms with Gasteiger partial charge in [-0.25, -0.2) is 4.79 Å². The van der Waals surface area contributed by atoms with Crippen LogP contribution in [0.4, 0.5) is 4.79 Å². The molecule has 0 aromatic carbocycles. The van der Waals surface area contributed by atoms with Gasteiger partial charge < -0.3 is 119 Å². The van der Waals surface area contributed by atoms with Gasteiger partial charge in [0.1, 0.15) is 5.60 Å². The molecule has 1 amide bonds. The lowest BCUT2D eigenvalue weighted by atomic mass is 9.83. The SMILES string of the molecule is CC(C)(C)OC(=O)N(CCOCCOCCOCCOCCOCCOCCOCCOCCOCCOCCOCCOCCOCCOCCOCCOCCOCCOCCOCCOCCOCCOCCOCCN=[N+]=[N-])C[C@H]1CC[C@H](CBr)CC1. The van der Waals surface area contributed by atoms with Crippen LogP contribution in [0.5, 0.6) is 0 Å². The van der Waals surface area contributed by atoms with Crippen LogP contribution in [0.1, 0.15) is 46.5 Å². The minimum atomic E-state index is -0.537. The van der Waals surface area contributed by atoms with Crippen molar-refractivity contribution in [2.45, 2.75) is 52.1 Å². The number of carbonyl (C=O) groups is 1. The molecule has 1 fully saturated rings. The summed E-state index contributed by atoms with van der Waals surface area (Å²) in [5, 5.41) is 4.43. The van der Waals surface area contributed by atoms with Gasteiger partial charge in [0.15, 0.2) is 0 Å². The number of carbonyl (C=O) groups excluding carboxylic acids is 1. The number of ether oxygens (including phenoxy) is 24. The quantitative estimate of drug-likeness (QED) is 0.0251. The van der Waals surface area contributed by atoms with E-state index in [9.17, 15) is 4.79 Å². The van der Waals surface area contributed by atoms with Gasteiger partial charge in [-0.15, -0.1) is 0 Å². The van der Waals surface area contributed by atoms with Crippen molar-refractivity contribution in [3.05, 3.63) is 10.4 Å². The molecular formula is C61H119BrN4O25. The molecule has 1 aliphatic carbocycles. The van der Waals surface area contributed by atoms with E-state index in [4.69, 9.17) is 119 Å². The molecule has 0 aliphatic heterocycles. The van der Waals surface area contributed by atoms with Crippen LogP contribution in [0.15, 0.2) is 5.11 Å². The maximum Gasteiger partial charge on any atom is 0.410 e. The van der Waals surface area contributed by atoms with Crippen LogP contribution < -0.4 is 0 Å². The van der Waals surface area contributed by atoms with Crippen molar-refractivity contribution in [1.82, 2.24) is 4.90 Å². The zero-order valence-electron chi connectivity index (χ0n) is 55.7. The van der Waals surface area contributed by atoms with Crippen LogP contribution >= 0.6 is 15.9 Å². The third-order valence-electron chi connectivity index (χ3n) is 12.4. The largest absolute Gasteiger partial charge is 0.444 e. The molecule has 0 heterocycles. The summed E-state index contributed by atoms with van der Waals surface area (Å²) < 4.78 is 133. The van der Waals surface area contributed by atoms with Crippen LogP contribution in [0.2, 0.25) is 0 Å². The molecule has 0 saturated heterocycles. The van der Waals surface area contributed by atoms with Gasteiger partial charge in [0, 0.05) is 29.9 Å². The molecule has 0 aromatic heterocycles. The Morgan fingerprint density at radius 2 is 0.527 bits per heavy atom. The first-order valence-electron chi connectivity index (χ1n) is 32.7. The highest BCUT2D eigenvalue weighted by atomic mass is 79.9. The molecule has 0 spiro atoms. The molecule has 1 rings (SSSR count). The molecule has 30 heteroatoms. The number of halogens is 1. The number of hydrogen-bond acceptors (Lipinski definition) is 26. The van der Waals surface area contributed by atoms with Crippen LogP contribution in [0.25, 0.3) is 10.4 Å². The van der Waals surface area contributed by atoms with Crippen molar-refractivity contribution in [2.24, 2.45) is 17.0 Å². The van der Waals surface area contributed by atoms with E-state index in [0.717, 1.165) is 24.1 Å². The lowest BCUT2D eigenvalue weighted by Gasteiger charge is -2.33. The Morgan fingerprint density at radius 1 is 0.341 bits per heavy atom. The Hall–Kier alpha value is -1.86. The minimum absolute atomic E-state index is 0.276. The molecule has 29 nitrogen and oxygen atoms in total. The van der Waals surface area contributed by atoms with Gasteiger partial charge in [-0.05, 0) is 63.8 Å². The highest BCUT2D eigenvalue weighted by molar-refractivity contribution is 9.09. The van der Waals surface area contributed by atoms with Crippen LogP contribution in [0, 0.1) is 11.8 Å². The lowest BCUT2D eigenvalue weighted by molar-refractivity contribution is -0.0319. The third-order valence-corrected chi connectivity index (χ3v) is 13.3. The fraction of sp³-hybridized carbons (Fsp3) is 0.984. The fourth-order valence-corrected chi connectivity index (χ4v) is 8.38. The zero-order valence-corrected chi connectivity index (χ0v) is 57.3. The molecule has 0 unspecified atom stereocenters. The molecule has 91 heavy (non-hydrogen) atoms. The maximum absolute atomic E-state index is 12.9. The van der Waals surface area contributed by atoms with E-state index in [0.29, 0.717) is 329 Å². The van der Waals surface area contributed by atoms with Crippen molar-refractivity contribution in [3.8, 4) is 0 Å². The van der Waals surface area contributed by atoms with Gasteiger partial charge in [0.05, 0.1) is 304 Å². The topological polar surface area (TPSA) is 291 Å². The van der Waals surface area contributed by atoms with E-state index in [-0.39, 0.29) is 6.09 Å². The summed E-state index contributed by atoms with van der Waals surface area (Å²) in [6.07, 6.45) is 4.39. The number of amides is 1. The predicted octanol–water partition coefficient (Wildman–Crippen LogP) is 5.12. The smallest absolute Gasteiger partial charge is 0.410 e. The summed E-state index contributed by atoms with van der Waals surface area (Å²) >= 11 is 3.61. The first-order valence-corrected chi connectivity index (χ1v) is 33.8. The normalized spacial score (nSPS) is 14.4. The average Bonchev–Trinajstić information content (AvgIpc) is 3.61. The third kappa shape index (κ3) is 69.3. The Bertz CT molecular complexity index is 1520. The lowest BCUT2D eigenvalue weighted by Crippen LogP contribution is -2.42. The van der Waals surface area contributed by atoms with Crippen LogP contribution in [0.3, 0.4) is 0 Å². The average molecular weight is 1390 g/mol. The summed E-state index contributed by atoms with van der Waals surface area (Å²) in [4.78, 5) is 17.4. The van der Waals surface area contributed by atoms with Crippen molar-refractivity contribution >= 4 is 22.0 Å². The van der Waals surface area contributed by atoms with Gasteiger partial charge in [0.25, 0.3) is 0 Å². The summed E-state index contributed by atoms with van der Waals surface area (Å²) in [5.41, 5.74) is 7.64. The number of nitrogens with zero attached hydrogens (tertiary/aromatic N) is 4. The van der Waals surface area contributed by atoms with Gasteiger partial charge in [-0.1, -0.05) is 21.0 Å². The molecule has 0 aromatic rings. The molecule has 0 radical (unpaired) electrons. The second-order valence-electron chi connectivity index (χ2n) is 21.0.